The maximum atomic E-state index is 5.59. The minimum atomic E-state index is 0.326. The number of hydrogen-bond acceptors (Lipinski definition) is 4. The van der Waals surface area contributed by atoms with E-state index in [4.69, 9.17) is 5.73 Å². The second kappa shape index (κ2) is 3.13. The Bertz CT molecular complexity index is 243. The predicted octanol–water partition coefficient (Wildman–Crippen LogP) is 1.16. The van der Waals surface area contributed by atoms with Gasteiger partial charge in [-0.1, -0.05) is 11.8 Å². The van der Waals surface area contributed by atoms with Gasteiger partial charge < -0.3 is 5.73 Å². The lowest BCUT2D eigenvalue weighted by Gasteiger charge is -2.09. The molecule has 0 aliphatic heterocycles. The molecule has 2 N–H and O–H groups in total. The molecule has 0 bridgehead atoms. The van der Waals surface area contributed by atoms with E-state index in [1.165, 1.54) is 0 Å². The number of rotatable bonds is 2. The van der Waals surface area contributed by atoms with Crippen LogP contribution in [0.1, 0.15) is 19.9 Å². The Morgan fingerprint density at radius 2 is 2.09 bits per heavy atom. The smallest absolute Gasteiger partial charge is 0.222 e. The highest BCUT2D eigenvalue weighted by atomic mass is 32.2. The van der Waals surface area contributed by atoms with Crippen LogP contribution in [0, 0.1) is 0 Å². The van der Waals surface area contributed by atoms with Crippen molar-refractivity contribution in [2.75, 3.05) is 12.0 Å². The molecule has 1 aromatic rings. The van der Waals surface area contributed by atoms with Crippen LogP contribution in [-0.4, -0.2) is 21.0 Å². The molecule has 0 spiro atoms. The molecule has 0 fully saturated rings. The van der Waals surface area contributed by atoms with Gasteiger partial charge in [-0.2, -0.15) is 0 Å². The maximum absolute atomic E-state index is 5.59. The zero-order valence-electron chi connectivity index (χ0n) is 6.90. The van der Waals surface area contributed by atoms with Gasteiger partial charge in [-0.3, -0.25) is 4.57 Å². The quantitative estimate of drug-likeness (QED) is 0.680. The van der Waals surface area contributed by atoms with Crippen LogP contribution in [0.25, 0.3) is 0 Å². The Hall–Kier alpha value is -0.710. The lowest BCUT2D eigenvalue weighted by Crippen LogP contribution is -2.06. The highest BCUT2D eigenvalue weighted by Crippen LogP contribution is 2.19. The van der Waals surface area contributed by atoms with E-state index in [0.29, 0.717) is 12.0 Å². The van der Waals surface area contributed by atoms with Crippen LogP contribution in [0.15, 0.2) is 5.16 Å². The Morgan fingerprint density at radius 3 is 2.45 bits per heavy atom. The Balaban J connectivity index is 3.07. The van der Waals surface area contributed by atoms with Gasteiger partial charge >= 0.3 is 0 Å². The number of hydrogen-bond donors (Lipinski definition) is 1. The van der Waals surface area contributed by atoms with E-state index >= 15 is 0 Å². The standard InChI is InChI=1S/C6H12N4S/c1-4(2)10-5(7)8-9-6(10)11-3/h4H,1-3H3,(H2,7,8). The molecule has 0 atom stereocenters. The summed E-state index contributed by atoms with van der Waals surface area (Å²) in [6.07, 6.45) is 1.96. The molecular formula is C6H12N4S. The minimum absolute atomic E-state index is 0.326. The highest BCUT2D eigenvalue weighted by molar-refractivity contribution is 7.98. The zero-order chi connectivity index (χ0) is 8.43. The fourth-order valence-corrected chi connectivity index (χ4v) is 1.54. The molecule has 1 heterocycles. The fourth-order valence-electron chi connectivity index (χ4n) is 0.913. The van der Waals surface area contributed by atoms with E-state index in [9.17, 15) is 0 Å². The van der Waals surface area contributed by atoms with Gasteiger partial charge in [0.25, 0.3) is 0 Å². The molecule has 0 saturated carbocycles. The van der Waals surface area contributed by atoms with Crippen molar-refractivity contribution in [3.8, 4) is 0 Å². The van der Waals surface area contributed by atoms with Crippen LogP contribution < -0.4 is 5.73 Å². The molecule has 0 amide bonds. The SMILES string of the molecule is CSc1nnc(N)n1C(C)C. The molecule has 0 aromatic carbocycles. The molecule has 5 heteroatoms. The minimum Gasteiger partial charge on any atom is -0.368 e. The predicted molar refractivity (Wildman–Crippen MR) is 46.6 cm³/mol. The first kappa shape index (κ1) is 8.39. The van der Waals surface area contributed by atoms with E-state index in [2.05, 4.69) is 24.0 Å². The topological polar surface area (TPSA) is 56.7 Å². The molecule has 62 valence electrons. The lowest BCUT2D eigenvalue weighted by molar-refractivity contribution is 0.557. The van der Waals surface area contributed by atoms with Gasteiger partial charge in [-0.25, -0.2) is 0 Å². The molecular weight excluding hydrogens is 160 g/mol. The third kappa shape index (κ3) is 1.48. The fraction of sp³-hybridized carbons (Fsp3) is 0.667. The van der Waals surface area contributed by atoms with E-state index in [1.54, 1.807) is 11.8 Å². The molecule has 0 aliphatic rings. The van der Waals surface area contributed by atoms with Crippen molar-refractivity contribution in [2.45, 2.75) is 25.0 Å². The number of thioether (sulfide) groups is 1. The van der Waals surface area contributed by atoms with Gasteiger partial charge in [-0.05, 0) is 20.1 Å². The summed E-state index contributed by atoms with van der Waals surface area (Å²) in [6.45, 7) is 4.11. The summed E-state index contributed by atoms with van der Waals surface area (Å²) in [5, 5.41) is 8.56. The summed E-state index contributed by atoms with van der Waals surface area (Å²) in [4.78, 5) is 0. The van der Waals surface area contributed by atoms with Crippen LogP contribution in [0.5, 0.6) is 0 Å². The van der Waals surface area contributed by atoms with E-state index in [-0.39, 0.29) is 0 Å². The van der Waals surface area contributed by atoms with Gasteiger partial charge in [0.1, 0.15) is 0 Å². The molecule has 0 aliphatic carbocycles. The maximum Gasteiger partial charge on any atom is 0.222 e. The number of nitrogen functional groups attached to an aromatic ring is 1. The summed E-state index contributed by atoms with van der Waals surface area (Å²) in [5.74, 6) is 0.490. The van der Waals surface area contributed by atoms with E-state index < -0.39 is 0 Å². The number of nitrogens with zero attached hydrogens (tertiary/aromatic N) is 3. The van der Waals surface area contributed by atoms with Gasteiger partial charge in [0.15, 0.2) is 5.16 Å². The first-order valence-corrected chi connectivity index (χ1v) is 4.63. The van der Waals surface area contributed by atoms with Crippen LogP contribution >= 0.6 is 11.8 Å². The van der Waals surface area contributed by atoms with Crippen molar-refractivity contribution in [1.29, 1.82) is 0 Å². The van der Waals surface area contributed by atoms with Crippen molar-refractivity contribution in [3.05, 3.63) is 0 Å². The summed E-state index contributed by atoms with van der Waals surface area (Å²) < 4.78 is 1.91. The van der Waals surface area contributed by atoms with Crippen LogP contribution in [0.2, 0.25) is 0 Å². The van der Waals surface area contributed by atoms with Crippen molar-refractivity contribution in [1.82, 2.24) is 14.8 Å². The zero-order valence-corrected chi connectivity index (χ0v) is 7.72. The summed E-state index contributed by atoms with van der Waals surface area (Å²) in [5.41, 5.74) is 5.59. The first-order chi connectivity index (χ1) is 5.16. The van der Waals surface area contributed by atoms with Gasteiger partial charge in [0.05, 0.1) is 0 Å². The van der Waals surface area contributed by atoms with Gasteiger partial charge in [0.2, 0.25) is 5.95 Å². The average Bonchev–Trinajstić information content (AvgIpc) is 2.30. The molecule has 4 nitrogen and oxygen atoms in total. The summed E-state index contributed by atoms with van der Waals surface area (Å²) >= 11 is 1.55. The number of nitrogens with two attached hydrogens (primary N) is 1. The Morgan fingerprint density at radius 1 is 1.45 bits per heavy atom. The third-order valence-corrected chi connectivity index (χ3v) is 2.03. The normalized spacial score (nSPS) is 10.9. The van der Waals surface area contributed by atoms with E-state index in [0.717, 1.165) is 5.16 Å². The van der Waals surface area contributed by atoms with E-state index in [1.807, 2.05) is 10.8 Å². The van der Waals surface area contributed by atoms with Crippen LogP contribution in [-0.2, 0) is 0 Å². The highest BCUT2D eigenvalue weighted by Gasteiger charge is 2.10. The molecule has 1 rings (SSSR count). The first-order valence-electron chi connectivity index (χ1n) is 3.41. The van der Waals surface area contributed by atoms with Gasteiger partial charge in [0, 0.05) is 6.04 Å². The molecule has 0 unspecified atom stereocenters. The van der Waals surface area contributed by atoms with Crippen molar-refractivity contribution in [3.63, 3.8) is 0 Å². The monoisotopic (exact) mass is 172 g/mol. The average molecular weight is 172 g/mol. The van der Waals surface area contributed by atoms with Crippen LogP contribution in [0.3, 0.4) is 0 Å². The summed E-state index contributed by atoms with van der Waals surface area (Å²) in [6, 6.07) is 0.326. The van der Waals surface area contributed by atoms with Crippen LogP contribution in [0.4, 0.5) is 5.95 Å². The molecule has 11 heavy (non-hydrogen) atoms. The Kier molecular flexibility index (Phi) is 2.38. The largest absolute Gasteiger partial charge is 0.368 e. The number of aromatic nitrogens is 3. The number of anilines is 1. The molecule has 0 saturated heterocycles. The van der Waals surface area contributed by atoms with Gasteiger partial charge in [-0.15, -0.1) is 10.2 Å². The third-order valence-electron chi connectivity index (χ3n) is 1.39. The Labute approximate surface area is 70.2 Å². The molecule has 0 radical (unpaired) electrons. The van der Waals surface area contributed by atoms with Crippen molar-refractivity contribution >= 4 is 17.7 Å². The lowest BCUT2D eigenvalue weighted by atomic mass is 10.4. The molecule has 1 aromatic heterocycles. The van der Waals surface area contributed by atoms with Crippen molar-refractivity contribution < 1.29 is 0 Å². The second-order valence-corrected chi connectivity index (χ2v) is 3.28. The van der Waals surface area contributed by atoms with Crippen molar-refractivity contribution in [2.24, 2.45) is 0 Å². The summed E-state index contributed by atoms with van der Waals surface area (Å²) in [7, 11) is 0. The second-order valence-electron chi connectivity index (χ2n) is 2.51.